The van der Waals surface area contributed by atoms with Crippen molar-refractivity contribution < 1.29 is 19.5 Å². The second-order valence-electron chi connectivity index (χ2n) is 4.30. The van der Waals surface area contributed by atoms with Gasteiger partial charge in [0.15, 0.2) is 0 Å². The number of hydrogen-bond donors (Lipinski definition) is 5. The van der Waals surface area contributed by atoms with Crippen LogP contribution in [0.3, 0.4) is 0 Å². The number of carbonyl (C=O) groups excluding carboxylic acids is 2. The number of anilines is 1. The number of aldehydes is 1. The summed E-state index contributed by atoms with van der Waals surface area (Å²) in [6.45, 7) is 1.94. The summed E-state index contributed by atoms with van der Waals surface area (Å²) in [5.74, 6) is -1.07. The van der Waals surface area contributed by atoms with Gasteiger partial charge in [-0.15, -0.1) is 0 Å². The molecule has 9 N–H and O–H groups in total. The molecular weight excluding hydrogens is 288 g/mol. The summed E-state index contributed by atoms with van der Waals surface area (Å²) in [6.07, 6.45) is 1.90. The van der Waals surface area contributed by atoms with Crippen LogP contribution in [0.4, 0.5) is 5.69 Å². The monoisotopic (exact) mass is 312 g/mol. The highest BCUT2D eigenvalue weighted by molar-refractivity contribution is 5.89. The lowest BCUT2D eigenvalue weighted by atomic mass is 10.2. The SMILES string of the molecule is CC(=O)Nc1ccc(C=O)cc1.N.NCCC[C@H](N)C(=O)O. The Balaban J connectivity index is 0. The lowest BCUT2D eigenvalue weighted by molar-refractivity contribution is -0.138. The Morgan fingerprint density at radius 1 is 1.32 bits per heavy atom. The molecule has 0 saturated heterocycles. The summed E-state index contributed by atoms with van der Waals surface area (Å²) in [6, 6.07) is 5.93. The zero-order chi connectivity index (χ0) is 16.3. The highest BCUT2D eigenvalue weighted by Gasteiger charge is 2.08. The third-order valence-corrected chi connectivity index (χ3v) is 2.40. The molecule has 0 aliphatic rings. The van der Waals surface area contributed by atoms with E-state index in [1.54, 1.807) is 24.3 Å². The number of carboxylic acids is 1. The zero-order valence-electron chi connectivity index (χ0n) is 12.6. The van der Waals surface area contributed by atoms with E-state index < -0.39 is 12.0 Å². The van der Waals surface area contributed by atoms with E-state index in [4.69, 9.17) is 16.6 Å². The number of carbonyl (C=O) groups is 3. The van der Waals surface area contributed by atoms with Gasteiger partial charge in [0.2, 0.25) is 5.91 Å². The largest absolute Gasteiger partial charge is 0.480 e. The van der Waals surface area contributed by atoms with E-state index in [1.807, 2.05) is 0 Å². The quantitative estimate of drug-likeness (QED) is 0.482. The fraction of sp³-hybridized carbons (Fsp3) is 0.357. The molecule has 0 radical (unpaired) electrons. The molecule has 1 rings (SSSR count). The molecule has 8 nitrogen and oxygen atoms in total. The van der Waals surface area contributed by atoms with Gasteiger partial charge in [-0.2, -0.15) is 0 Å². The first-order valence-corrected chi connectivity index (χ1v) is 6.42. The van der Waals surface area contributed by atoms with Crippen LogP contribution in [-0.2, 0) is 9.59 Å². The molecule has 1 aromatic carbocycles. The molecule has 0 saturated carbocycles. The minimum Gasteiger partial charge on any atom is -0.480 e. The van der Waals surface area contributed by atoms with Crippen molar-refractivity contribution in [3.05, 3.63) is 29.8 Å². The number of rotatable bonds is 6. The summed E-state index contributed by atoms with van der Waals surface area (Å²) in [4.78, 5) is 30.9. The van der Waals surface area contributed by atoms with E-state index in [-0.39, 0.29) is 12.1 Å². The van der Waals surface area contributed by atoms with Crippen LogP contribution < -0.4 is 22.9 Å². The average molecular weight is 312 g/mol. The Morgan fingerprint density at radius 3 is 2.23 bits per heavy atom. The van der Waals surface area contributed by atoms with Gasteiger partial charge in [-0.3, -0.25) is 14.4 Å². The molecule has 1 amide bonds. The number of hydrogen-bond acceptors (Lipinski definition) is 6. The maximum absolute atomic E-state index is 10.6. The van der Waals surface area contributed by atoms with Crippen LogP contribution in [0.1, 0.15) is 30.1 Å². The van der Waals surface area contributed by atoms with Crippen LogP contribution >= 0.6 is 0 Å². The molecule has 22 heavy (non-hydrogen) atoms. The molecule has 0 heterocycles. The maximum Gasteiger partial charge on any atom is 0.320 e. The lowest BCUT2D eigenvalue weighted by Crippen LogP contribution is -2.30. The third kappa shape index (κ3) is 10.5. The second-order valence-corrected chi connectivity index (χ2v) is 4.30. The summed E-state index contributed by atoms with van der Waals surface area (Å²) < 4.78 is 0. The smallest absolute Gasteiger partial charge is 0.320 e. The van der Waals surface area contributed by atoms with Crippen LogP contribution in [0.5, 0.6) is 0 Å². The van der Waals surface area contributed by atoms with Gasteiger partial charge in [-0.1, -0.05) is 0 Å². The molecule has 124 valence electrons. The minimum atomic E-state index is -0.955. The fourth-order valence-corrected chi connectivity index (χ4v) is 1.31. The predicted molar refractivity (Wildman–Crippen MR) is 85.1 cm³/mol. The topological polar surface area (TPSA) is 171 Å². The molecule has 0 spiro atoms. The lowest BCUT2D eigenvalue weighted by Gasteiger charge is -2.02. The van der Waals surface area contributed by atoms with E-state index in [0.717, 1.165) is 6.29 Å². The van der Waals surface area contributed by atoms with Crippen molar-refractivity contribution >= 4 is 23.9 Å². The van der Waals surface area contributed by atoms with Gasteiger partial charge in [0, 0.05) is 18.2 Å². The Hall–Kier alpha value is -2.29. The fourth-order valence-electron chi connectivity index (χ4n) is 1.31. The van der Waals surface area contributed by atoms with Gasteiger partial charge in [0.05, 0.1) is 0 Å². The van der Waals surface area contributed by atoms with Gasteiger partial charge in [0.25, 0.3) is 0 Å². The summed E-state index contributed by atoms with van der Waals surface area (Å²) in [5.41, 5.74) is 11.6. The van der Waals surface area contributed by atoms with E-state index >= 15 is 0 Å². The van der Waals surface area contributed by atoms with Crippen molar-refractivity contribution in [1.82, 2.24) is 6.15 Å². The molecular formula is C14H24N4O4. The Labute approximate surface area is 129 Å². The van der Waals surface area contributed by atoms with Crippen LogP contribution in [0.15, 0.2) is 24.3 Å². The molecule has 0 bridgehead atoms. The molecule has 0 aliphatic carbocycles. The number of aliphatic carboxylic acids is 1. The van der Waals surface area contributed by atoms with Crippen molar-refractivity contribution in [1.29, 1.82) is 0 Å². The van der Waals surface area contributed by atoms with E-state index in [0.29, 0.717) is 30.6 Å². The third-order valence-electron chi connectivity index (χ3n) is 2.40. The van der Waals surface area contributed by atoms with E-state index in [1.165, 1.54) is 6.92 Å². The van der Waals surface area contributed by atoms with Crippen molar-refractivity contribution in [2.24, 2.45) is 11.5 Å². The highest BCUT2D eigenvalue weighted by Crippen LogP contribution is 2.07. The number of amides is 1. The number of nitrogens with two attached hydrogens (primary N) is 2. The van der Waals surface area contributed by atoms with Crippen LogP contribution in [0, 0.1) is 0 Å². The first-order valence-electron chi connectivity index (χ1n) is 6.42. The molecule has 0 aliphatic heterocycles. The molecule has 1 aromatic rings. The van der Waals surface area contributed by atoms with Gasteiger partial charge >= 0.3 is 5.97 Å². The Kier molecular flexibility index (Phi) is 12.4. The molecule has 8 heteroatoms. The number of carboxylic acid groups (broad SMARTS) is 1. The summed E-state index contributed by atoms with van der Waals surface area (Å²) >= 11 is 0. The maximum atomic E-state index is 10.6. The van der Waals surface area contributed by atoms with Gasteiger partial charge in [0.1, 0.15) is 12.3 Å². The van der Waals surface area contributed by atoms with Crippen molar-refractivity contribution in [2.75, 3.05) is 11.9 Å². The normalized spacial score (nSPS) is 10.3. The molecule has 0 aromatic heterocycles. The first kappa shape index (κ1) is 22.0. The molecule has 0 unspecified atom stereocenters. The Bertz CT molecular complexity index is 462. The Morgan fingerprint density at radius 2 is 1.86 bits per heavy atom. The number of benzene rings is 1. The van der Waals surface area contributed by atoms with Gasteiger partial charge in [-0.25, -0.2) is 0 Å². The zero-order valence-corrected chi connectivity index (χ0v) is 12.6. The summed E-state index contributed by atoms with van der Waals surface area (Å²) in [7, 11) is 0. The number of nitrogens with one attached hydrogen (secondary N) is 1. The predicted octanol–water partition coefficient (Wildman–Crippen LogP) is 0.757. The van der Waals surface area contributed by atoms with Crippen LogP contribution in [0.2, 0.25) is 0 Å². The molecule has 1 atom stereocenters. The first-order chi connectivity index (χ1) is 9.90. The highest BCUT2D eigenvalue weighted by atomic mass is 16.4. The van der Waals surface area contributed by atoms with Crippen molar-refractivity contribution in [2.45, 2.75) is 25.8 Å². The minimum absolute atomic E-state index is 0. The second kappa shape index (κ2) is 12.5. The van der Waals surface area contributed by atoms with Gasteiger partial charge in [-0.05, 0) is 43.7 Å². The summed E-state index contributed by atoms with van der Waals surface area (Å²) in [5, 5.41) is 10.8. The van der Waals surface area contributed by atoms with Crippen LogP contribution in [-0.4, -0.2) is 35.9 Å². The molecule has 0 fully saturated rings. The van der Waals surface area contributed by atoms with E-state index in [9.17, 15) is 14.4 Å². The van der Waals surface area contributed by atoms with Crippen molar-refractivity contribution in [3.63, 3.8) is 0 Å². The average Bonchev–Trinajstić information content (AvgIpc) is 2.45. The standard InChI is InChI=1S/C9H9NO2.C5H12N2O2.H3N/c1-7(12)10-9-4-2-8(6-11)3-5-9;6-3-1-2-4(7)5(8)9;/h2-6H,1H3,(H,10,12);4H,1-3,6-7H2,(H,8,9);1H3/t;4-;/m.0./s1. The van der Waals surface area contributed by atoms with Gasteiger partial charge < -0.3 is 28.0 Å². The van der Waals surface area contributed by atoms with Crippen LogP contribution in [0.25, 0.3) is 0 Å². The van der Waals surface area contributed by atoms with E-state index in [2.05, 4.69) is 5.32 Å². The van der Waals surface area contributed by atoms with Crippen molar-refractivity contribution in [3.8, 4) is 0 Å².